The van der Waals surface area contributed by atoms with Gasteiger partial charge in [-0.2, -0.15) is 0 Å². The van der Waals surface area contributed by atoms with Crippen LogP contribution in [0.2, 0.25) is 15.2 Å². The summed E-state index contributed by atoms with van der Waals surface area (Å²) in [4.78, 5) is 8.13. The molecule has 0 spiro atoms. The van der Waals surface area contributed by atoms with Gasteiger partial charge in [0.1, 0.15) is 17.3 Å². The normalized spacial score (nSPS) is 10.6. The van der Waals surface area contributed by atoms with Gasteiger partial charge in [-0.1, -0.05) is 41.7 Å². The third kappa shape index (κ3) is 3.14. The highest BCUT2D eigenvalue weighted by Crippen LogP contribution is 2.37. The first-order valence-electron chi connectivity index (χ1n) is 5.44. The third-order valence-corrected chi connectivity index (χ3v) is 4.63. The second kappa shape index (κ2) is 6.27. The fourth-order valence-corrected chi connectivity index (χ4v) is 2.65. The van der Waals surface area contributed by atoms with Crippen molar-refractivity contribution in [3.63, 3.8) is 0 Å². The maximum absolute atomic E-state index is 6.18. The SMILES string of the molecule is CCc1c(Cl)ncnc1Nc1ccc(Br)c(Cl)c1Cl. The number of hydrogen-bond donors (Lipinski definition) is 1. The Balaban J connectivity index is 2.42. The van der Waals surface area contributed by atoms with Crippen molar-refractivity contribution in [1.29, 1.82) is 0 Å². The summed E-state index contributed by atoms with van der Waals surface area (Å²) in [5.74, 6) is 0.628. The molecule has 0 aliphatic carbocycles. The summed E-state index contributed by atoms with van der Waals surface area (Å²) in [5, 5.41) is 4.43. The molecule has 2 rings (SSSR count). The summed E-state index contributed by atoms with van der Waals surface area (Å²) in [6, 6.07) is 3.62. The van der Waals surface area contributed by atoms with Crippen LogP contribution in [0, 0.1) is 0 Å². The maximum Gasteiger partial charge on any atom is 0.138 e. The summed E-state index contributed by atoms with van der Waals surface area (Å²) in [7, 11) is 0. The largest absolute Gasteiger partial charge is 0.339 e. The van der Waals surface area contributed by atoms with Crippen LogP contribution in [0.3, 0.4) is 0 Å². The van der Waals surface area contributed by atoms with Gasteiger partial charge in [0.15, 0.2) is 0 Å². The Hall–Kier alpha value is -0.550. The highest BCUT2D eigenvalue weighted by molar-refractivity contribution is 9.10. The number of rotatable bonds is 3. The smallest absolute Gasteiger partial charge is 0.138 e. The van der Waals surface area contributed by atoms with Crippen LogP contribution in [-0.4, -0.2) is 9.97 Å². The third-order valence-electron chi connectivity index (χ3n) is 2.53. The lowest BCUT2D eigenvalue weighted by Gasteiger charge is -2.12. The van der Waals surface area contributed by atoms with Crippen LogP contribution in [0.15, 0.2) is 22.9 Å². The molecule has 1 aromatic heterocycles. The van der Waals surface area contributed by atoms with E-state index in [0.29, 0.717) is 33.1 Å². The van der Waals surface area contributed by atoms with Crippen LogP contribution in [-0.2, 0) is 6.42 Å². The molecule has 0 amide bonds. The first kappa shape index (κ1) is 14.9. The molecule has 0 bridgehead atoms. The van der Waals surface area contributed by atoms with Gasteiger partial charge in [-0.15, -0.1) is 0 Å². The van der Waals surface area contributed by atoms with Crippen molar-refractivity contribution in [1.82, 2.24) is 9.97 Å². The summed E-state index contributed by atoms with van der Waals surface area (Å²) < 4.78 is 0.737. The van der Waals surface area contributed by atoms with E-state index in [4.69, 9.17) is 34.8 Å². The molecule has 0 aliphatic rings. The molecule has 0 unspecified atom stereocenters. The van der Waals surface area contributed by atoms with Crippen LogP contribution in [0.4, 0.5) is 11.5 Å². The lowest BCUT2D eigenvalue weighted by molar-refractivity contribution is 1.05. The number of halogens is 4. The van der Waals surface area contributed by atoms with E-state index in [1.807, 2.05) is 19.1 Å². The topological polar surface area (TPSA) is 37.8 Å². The molecule has 0 aliphatic heterocycles. The molecule has 1 N–H and O–H groups in total. The van der Waals surface area contributed by atoms with Crippen LogP contribution in [0.5, 0.6) is 0 Å². The minimum Gasteiger partial charge on any atom is -0.339 e. The number of benzene rings is 1. The standard InChI is InChI=1S/C12H9BrCl3N3/c1-2-6-11(16)17-5-18-12(6)19-8-4-3-7(13)9(14)10(8)15/h3-5H,2H2,1H3,(H,17,18,19). The predicted octanol–water partition coefficient (Wildman–Crippen LogP) is 5.51. The lowest BCUT2D eigenvalue weighted by Crippen LogP contribution is -2.01. The highest BCUT2D eigenvalue weighted by Gasteiger charge is 2.12. The average molecular weight is 381 g/mol. The average Bonchev–Trinajstić information content (AvgIpc) is 2.40. The van der Waals surface area contributed by atoms with Crippen LogP contribution in [0.1, 0.15) is 12.5 Å². The molecular weight excluding hydrogens is 372 g/mol. The number of nitrogens with zero attached hydrogens (tertiary/aromatic N) is 2. The van der Waals surface area contributed by atoms with Gasteiger partial charge < -0.3 is 5.32 Å². The van der Waals surface area contributed by atoms with Gasteiger partial charge in [-0.25, -0.2) is 9.97 Å². The minimum atomic E-state index is 0.424. The Morgan fingerprint density at radius 1 is 1.16 bits per heavy atom. The lowest BCUT2D eigenvalue weighted by atomic mass is 10.2. The summed E-state index contributed by atoms with van der Waals surface area (Å²) in [6.45, 7) is 1.98. The molecule has 1 aromatic carbocycles. The van der Waals surface area contributed by atoms with E-state index in [0.717, 1.165) is 10.0 Å². The van der Waals surface area contributed by atoms with E-state index >= 15 is 0 Å². The molecule has 0 atom stereocenters. The monoisotopic (exact) mass is 379 g/mol. The fraction of sp³-hybridized carbons (Fsp3) is 0.167. The molecule has 3 nitrogen and oxygen atoms in total. The van der Waals surface area contributed by atoms with E-state index in [2.05, 4.69) is 31.2 Å². The van der Waals surface area contributed by atoms with Gasteiger partial charge in [0.25, 0.3) is 0 Å². The molecule has 19 heavy (non-hydrogen) atoms. The maximum atomic E-state index is 6.18. The molecule has 100 valence electrons. The Morgan fingerprint density at radius 3 is 2.58 bits per heavy atom. The van der Waals surface area contributed by atoms with E-state index in [9.17, 15) is 0 Å². The van der Waals surface area contributed by atoms with E-state index in [1.165, 1.54) is 6.33 Å². The van der Waals surface area contributed by atoms with Gasteiger partial charge in [-0.05, 0) is 34.5 Å². The number of aromatic nitrogens is 2. The van der Waals surface area contributed by atoms with Crippen molar-refractivity contribution < 1.29 is 0 Å². The number of nitrogens with one attached hydrogen (secondary N) is 1. The molecule has 0 radical (unpaired) electrons. The van der Waals surface area contributed by atoms with Crippen molar-refractivity contribution >= 4 is 62.2 Å². The van der Waals surface area contributed by atoms with E-state index in [1.54, 1.807) is 0 Å². The van der Waals surface area contributed by atoms with Crippen molar-refractivity contribution in [2.75, 3.05) is 5.32 Å². The fourth-order valence-electron chi connectivity index (χ4n) is 1.56. The van der Waals surface area contributed by atoms with Crippen LogP contribution in [0.25, 0.3) is 0 Å². The first-order chi connectivity index (χ1) is 9.04. The molecule has 0 fully saturated rings. The zero-order valence-electron chi connectivity index (χ0n) is 9.85. The predicted molar refractivity (Wildman–Crippen MR) is 83.9 cm³/mol. The van der Waals surface area contributed by atoms with Crippen LogP contribution < -0.4 is 5.32 Å². The molecule has 1 heterocycles. The van der Waals surface area contributed by atoms with Crippen LogP contribution >= 0.6 is 50.7 Å². The Kier molecular flexibility index (Phi) is 4.90. The van der Waals surface area contributed by atoms with E-state index < -0.39 is 0 Å². The van der Waals surface area contributed by atoms with Gasteiger partial charge in [0.05, 0.1) is 15.7 Å². The zero-order chi connectivity index (χ0) is 14.0. The Morgan fingerprint density at radius 2 is 1.89 bits per heavy atom. The minimum absolute atomic E-state index is 0.424. The second-order valence-corrected chi connectivity index (χ2v) is 5.66. The highest BCUT2D eigenvalue weighted by atomic mass is 79.9. The Bertz CT molecular complexity index is 619. The Labute approximate surface area is 134 Å². The summed E-state index contributed by atoms with van der Waals surface area (Å²) in [6.07, 6.45) is 2.11. The first-order valence-corrected chi connectivity index (χ1v) is 7.37. The molecule has 0 saturated carbocycles. The van der Waals surface area contributed by atoms with Crippen molar-refractivity contribution in [3.05, 3.63) is 43.7 Å². The van der Waals surface area contributed by atoms with Gasteiger partial charge in [0.2, 0.25) is 0 Å². The summed E-state index contributed by atoms with van der Waals surface area (Å²) in [5.41, 5.74) is 1.50. The molecule has 0 saturated heterocycles. The van der Waals surface area contributed by atoms with Crippen molar-refractivity contribution in [3.8, 4) is 0 Å². The van der Waals surface area contributed by atoms with Crippen molar-refractivity contribution in [2.45, 2.75) is 13.3 Å². The number of hydrogen-bond acceptors (Lipinski definition) is 3. The molecular formula is C12H9BrCl3N3. The van der Waals surface area contributed by atoms with Crippen molar-refractivity contribution in [2.24, 2.45) is 0 Å². The van der Waals surface area contributed by atoms with Gasteiger partial charge in [0, 0.05) is 10.0 Å². The van der Waals surface area contributed by atoms with Gasteiger partial charge in [-0.3, -0.25) is 0 Å². The molecule has 7 heteroatoms. The van der Waals surface area contributed by atoms with Gasteiger partial charge >= 0.3 is 0 Å². The van der Waals surface area contributed by atoms with E-state index in [-0.39, 0.29) is 0 Å². The zero-order valence-corrected chi connectivity index (χ0v) is 13.7. The second-order valence-electron chi connectivity index (χ2n) is 3.69. The number of anilines is 2. The molecule has 2 aromatic rings. The quantitative estimate of drug-likeness (QED) is 0.563. The summed E-state index contributed by atoms with van der Waals surface area (Å²) >= 11 is 21.6.